The van der Waals surface area contributed by atoms with Gasteiger partial charge in [0, 0.05) is 25.5 Å². The first-order valence-corrected chi connectivity index (χ1v) is 6.68. The molecule has 18 heavy (non-hydrogen) atoms. The molecule has 8 nitrogen and oxygen atoms in total. The van der Waals surface area contributed by atoms with Crippen LogP contribution in [-0.2, 0) is 10.2 Å². The van der Waals surface area contributed by atoms with Crippen LogP contribution in [0.3, 0.4) is 0 Å². The van der Waals surface area contributed by atoms with Crippen LogP contribution < -0.4 is 4.72 Å². The summed E-state index contributed by atoms with van der Waals surface area (Å²) in [5, 5.41) is 8.86. The van der Waals surface area contributed by atoms with Crippen LogP contribution in [0.2, 0.25) is 0 Å². The van der Waals surface area contributed by atoms with Crippen LogP contribution >= 0.6 is 0 Å². The SMILES string of the molecule is CCN(CC)S(=O)(=O)Nc1nccnc1C(=O)O. The van der Waals surface area contributed by atoms with E-state index < -0.39 is 21.9 Å². The Morgan fingerprint density at radius 1 is 1.33 bits per heavy atom. The molecular weight excluding hydrogens is 260 g/mol. The predicted molar refractivity (Wildman–Crippen MR) is 64.5 cm³/mol. The van der Waals surface area contributed by atoms with E-state index >= 15 is 0 Å². The molecule has 0 aliphatic rings. The first-order valence-electron chi connectivity index (χ1n) is 5.24. The number of hydrogen-bond acceptors (Lipinski definition) is 5. The highest BCUT2D eigenvalue weighted by molar-refractivity contribution is 7.90. The average molecular weight is 274 g/mol. The molecule has 0 aliphatic heterocycles. The molecule has 2 N–H and O–H groups in total. The lowest BCUT2D eigenvalue weighted by atomic mass is 10.4. The standard InChI is InChI=1S/C9H14N4O4S/c1-3-13(4-2)18(16,17)12-8-7(9(14)15)10-5-6-11-8/h5-6H,3-4H2,1-2H3,(H,11,12)(H,14,15). The minimum atomic E-state index is -3.81. The lowest BCUT2D eigenvalue weighted by molar-refractivity contribution is 0.0691. The van der Waals surface area contributed by atoms with Crippen molar-refractivity contribution in [1.82, 2.24) is 14.3 Å². The molecule has 0 aromatic carbocycles. The first kappa shape index (κ1) is 14.3. The summed E-state index contributed by atoms with van der Waals surface area (Å²) in [6.07, 6.45) is 2.39. The maximum absolute atomic E-state index is 11.9. The van der Waals surface area contributed by atoms with Crippen LogP contribution in [-0.4, -0.2) is 46.9 Å². The molecule has 1 aromatic heterocycles. The molecule has 0 aliphatic carbocycles. The van der Waals surface area contributed by atoms with Crippen molar-refractivity contribution in [3.8, 4) is 0 Å². The number of aromatic carboxylic acids is 1. The highest BCUT2D eigenvalue weighted by atomic mass is 32.2. The molecule has 0 saturated carbocycles. The minimum absolute atomic E-state index is 0.272. The summed E-state index contributed by atoms with van der Waals surface area (Å²) in [5.74, 6) is -1.64. The number of carbonyl (C=O) groups is 1. The van der Waals surface area contributed by atoms with Gasteiger partial charge in [0.15, 0.2) is 11.5 Å². The molecule has 0 bridgehead atoms. The van der Waals surface area contributed by atoms with Crippen LogP contribution in [0.1, 0.15) is 24.3 Å². The van der Waals surface area contributed by atoms with Crippen LogP contribution in [0, 0.1) is 0 Å². The third-order valence-corrected chi connectivity index (χ3v) is 3.82. The van der Waals surface area contributed by atoms with Crippen molar-refractivity contribution < 1.29 is 18.3 Å². The largest absolute Gasteiger partial charge is 0.476 e. The zero-order chi connectivity index (χ0) is 13.8. The summed E-state index contributed by atoms with van der Waals surface area (Å²) >= 11 is 0. The van der Waals surface area contributed by atoms with Gasteiger partial charge in [0.2, 0.25) is 0 Å². The molecule has 9 heteroatoms. The monoisotopic (exact) mass is 274 g/mol. The van der Waals surface area contributed by atoms with Gasteiger partial charge in [-0.3, -0.25) is 4.72 Å². The van der Waals surface area contributed by atoms with E-state index in [0.29, 0.717) is 0 Å². The van der Waals surface area contributed by atoms with Gasteiger partial charge in [-0.25, -0.2) is 14.8 Å². The molecule has 0 spiro atoms. The van der Waals surface area contributed by atoms with E-state index in [1.165, 1.54) is 12.4 Å². The van der Waals surface area contributed by atoms with Crippen LogP contribution in [0.15, 0.2) is 12.4 Å². The van der Waals surface area contributed by atoms with E-state index in [2.05, 4.69) is 14.7 Å². The first-order chi connectivity index (χ1) is 8.42. The van der Waals surface area contributed by atoms with Crippen molar-refractivity contribution in [1.29, 1.82) is 0 Å². The Labute approximate surface area is 105 Å². The smallest absolute Gasteiger partial charge is 0.358 e. The zero-order valence-electron chi connectivity index (χ0n) is 9.99. The summed E-state index contributed by atoms with van der Waals surface area (Å²) in [5.41, 5.74) is -0.437. The second-order valence-electron chi connectivity index (χ2n) is 3.25. The normalized spacial score (nSPS) is 11.5. The van der Waals surface area contributed by atoms with Crippen molar-refractivity contribution >= 4 is 22.0 Å². The van der Waals surface area contributed by atoms with E-state index in [4.69, 9.17) is 5.11 Å². The van der Waals surface area contributed by atoms with Gasteiger partial charge < -0.3 is 5.11 Å². The number of nitrogens with one attached hydrogen (secondary N) is 1. The summed E-state index contributed by atoms with van der Waals surface area (Å²) in [4.78, 5) is 18.1. The van der Waals surface area contributed by atoms with Crippen molar-refractivity contribution in [2.24, 2.45) is 0 Å². The van der Waals surface area contributed by atoms with Crippen molar-refractivity contribution in [2.45, 2.75) is 13.8 Å². The number of anilines is 1. The van der Waals surface area contributed by atoms with E-state index in [-0.39, 0.29) is 18.9 Å². The fraction of sp³-hybridized carbons (Fsp3) is 0.444. The van der Waals surface area contributed by atoms with Crippen molar-refractivity contribution in [2.75, 3.05) is 17.8 Å². The number of hydrogen-bond donors (Lipinski definition) is 2. The van der Waals surface area contributed by atoms with Gasteiger partial charge in [-0.15, -0.1) is 0 Å². The topological polar surface area (TPSA) is 112 Å². The average Bonchev–Trinajstić information content (AvgIpc) is 2.29. The van der Waals surface area contributed by atoms with Crippen molar-refractivity contribution in [3.63, 3.8) is 0 Å². The lowest BCUT2D eigenvalue weighted by Gasteiger charge is -2.19. The van der Waals surface area contributed by atoms with Gasteiger partial charge in [0.1, 0.15) is 0 Å². The molecular formula is C9H14N4O4S. The Morgan fingerprint density at radius 2 is 1.89 bits per heavy atom. The Kier molecular flexibility index (Phi) is 4.56. The summed E-state index contributed by atoms with van der Waals surface area (Å²) in [7, 11) is -3.81. The third-order valence-electron chi connectivity index (χ3n) is 2.17. The minimum Gasteiger partial charge on any atom is -0.476 e. The van der Waals surface area contributed by atoms with E-state index in [1.807, 2.05) is 0 Å². The molecule has 0 amide bonds. The number of nitrogens with zero attached hydrogens (tertiary/aromatic N) is 3. The van der Waals surface area contributed by atoms with Crippen LogP contribution in [0.4, 0.5) is 5.82 Å². The Bertz CT molecular complexity index is 527. The quantitative estimate of drug-likeness (QED) is 0.764. The highest BCUT2D eigenvalue weighted by Crippen LogP contribution is 2.12. The Balaban J connectivity index is 3.08. The molecule has 1 rings (SSSR count). The second-order valence-corrected chi connectivity index (χ2v) is 4.92. The van der Waals surface area contributed by atoms with Gasteiger partial charge in [0.05, 0.1) is 0 Å². The van der Waals surface area contributed by atoms with Gasteiger partial charge in [0.25, 0.3) is 0 Å². The molecule has 0 atom stereocenters. The lowest BCUT2D eigenvalue weighted by Crippen LogP contribution is -2.36. The van der Waals surface area contributed by atoms with Crippen LogP contribution in [0.25, 0.3) is 0 Å². The summed E-state index contributed by atoms with van der Waals surface area (Å²) in [6.45, 7) is 3.90. The molecule has 0 fully saturated rings. The maximum Gasteiger partial charge on any atom is 0.358 e. The Morgan fingerprint density at radius 3 is 2.39 bits per heavy atom. The van der Waals surface area contributed by atoms with Gasteiger partial charge in [-0.1, -0.05) is 13.8 Å². The summed E-state index contributed by atoms with van der Waals surface area (Å²) < 4.78 is 27.0. The number of carboxylic acid groups (broad SMARTS) is 1. The van der Waals surface area contributed by atoms with E-state index in [9.17, 15) is 13.2 Å². The molecule has 0 saturated heterocycles. The van der Waals surface area contributed by atoms with Crippen LogP contribution in [0.5, 0.6) is 0 Å². The maximum atomic E-state index is 11.9. The second kappa shape index (κ2) is 5.74. The molecule has 100 valence electrons. The number of aromatic nitrogens is 2. The highest BCUT2D eigenvalue weighted by Gasteiger charge is 2.22. The van der Waals surface area contributed by atoms with Crippen molar-refractivity contribution in [3.05, 3.63) is 18.1 Å². The molecule has 1 aromatic rings. The molecule has 0 radical (unpaired) electrons. The van der Waals surface area contributed by atoms with E-state index in [1.54, 1.807) is 13.8 Å². The van der Waals surface area contributed by atoms with Gasteiger partial charge in [-0.2, -0.15) is 12.7 Å². The summed E-state index contributed by atoms with van der Waals surface area (Å²) in [6, 6.07) is 0. The third kappa shape index (κ3) is 3.14. The molecule has 1 heterocycles. The number of rotatable bonds is 6. The zero-order valence-corrected chi connectivity index (χ0v) is 10.8. The molecule has 0 unspecified atom stereocenters. The van der Waals surface area contributed by atoms with Gasteiger partial charge in [-0.05, 0) is 0 Å². The van der Waals surface area contributed by atoms with E-state index in [0.717, 1.165) is 4.31 Å². The Hall–Kier alpha value is -1.74. The fourth-order valence-electron chi connectivity index (χ4n) is 1.32. The van der Waals surface area contributed by atoms with Gasteiger partial charge >= 0.3 is 16.2 Å². The predicted octanol–water partition coefficient (Wildman–Crippen LogP) is 0.173. The fourth-order valence-corrected chi connectivity index (χ4v) is 2.52. The number of carboxylic acids is 1.